The summed E-state index contributed by atoms with van der Waals surface area (Å²) in [6.07, 6.45) is -0.314. The zero-order chi connectivity index (χ0) is 9.30. The molecule has 0 N–H and O–H groups in total. The Labute approximate surface area is 65.3 Å². The van der Waals surface area contributed by atoms with Gasteiger partial charge in [0, 0.05) is 10.6 Å². The molecule has 0 fully saturated rings. The molecule has 0 spiro atoms. The summed E-state index contributed by atoms with van der Waals surface area (Å²) in [5, 5.41) is 0. The molecule has 0 bridgehead atoms. The monoisotopic (exact) mass is 192 g/mol. The molecule has 9 heavy (non-hydrogen) atoms. The van der Waals surface area contributed by atoms with Crippen LogP contribution in [0.25, 0.3) is 0 Å². The fourth-order valence-corrected chi connectivity index (χ4v) is 0.711. The summed E-state index contributed by atoms with van der Waals surface area (Å²) in [5.41, 5.74) is -0.108. The highest BCUT2D eigenvalue weighted by Gasteiger charge is 1.91. The van der Waals surface area contributed by atoms with Crippen molar-refractivity contribution in [2.75, 3.05) is 0 Å². The Morgan fingerprint density at radius 1 is 1.89 bits per heavy atom. The smallest absolute Gasteiger partial charge is 0.131 e. The van der Waals surface area contributed by atoms with Crippen LogP contribution in [0.1, 0.15) is 9.81 Å². The van der Waals surface area contributed by atoms with Gasteiger partial charge in [0.25, 0.3) is 0 Å². The molecule has 0 aliphatic rings. The van der Waals surface area contributed by atoms with E-state index in [1.807, 2.05) is 0 Å². The summed E-state index contributed by atoms with van der Waals surface area (Å²) in [7, 11) is 0. The van der Waals surface area contributed by atoms with Crippen LogP contribution in [0.3, 0.4) is 0 Å². The molecule has 0 aromatic carbocycles. The van der Waals surface area contributed by atoms with E-state index in [2.05, 4.69) is 20.9 Å². The molecule has 0 atom stereocenters. The number of rotatable bonds is 1. The molecule has 1 aromatic rings. The van der Waals surface area contributed by atoms with Gasteiger partial charge >= 0.3 is 0 Å². The molecule has 1 rings (SSSR count). The minimum Gasteiger partial charge on any atom is -0.258 e. The lowest BCUT2D eigenvalue weighted by Gasteiger charge is -1.91. The second-order valence-electron chi connectivity index (χ2n) is 1.37. The first-order chi connectivity index (χ1) is 5.57. The molecule has 3 heteroatoms. The van der Waals surface area contributed by atoms with Crippen LogP contribution >= 0.6 is 15.9 Å². The lowest BCUT2D eigenvalue weighted by atomic mass is 10.4. The maximum Gasteiger partial charge on any atom is 0.131 e. The highest BCUT2D eigenvalue weighted by molar-refractivity contribution is 9.10. The normalized spacial score (nSPS) is 14.2. The second kappa shape index (κ2) is 2.92. The van der Waals surface area contributed by atoms with E-state index < -0.39 is 6.67 Å². The van der Waals surface area contributed by atoms with Crippen molar-refractivity contribution in [3.63, 3.8) is 0 Å². The highest BCUT2D eigenvalue weighted by Crippen LogP contribution is 2.09. The number of hydrogen-bond donors (Lipinski definition) is 0. The van der Waals surface area contributed by atoms with E-state index in [0.29, 0.717) is 0 Å². The molecule has 1 aromatic heterocycles. The first-order valence-corrected chi connectivity index (χ1v) is 3.05. The number of alkyl halides is 1. The molecule has 0 saturated carbocycles. The summed E-state index contributed by atoms with van der Waals surface area (Å²) >= 11 is 2.92. The van der Waals surface area contributed by atoms with E-state index in [1.165, 1.54) is 0 Å². The van der Waals surface area contributed by atoms with E-state index in [0.717, 1.165) is 0 Å². The predicted molar refractivity (Wildman–Crippen MR) is 36.7 cm³/mol. The number of nitrogens with zero attached hydrogens (tertiary/aromatic N) is 1. The van der Waals surface area contributed by atoms with Crippen molar-refractivity contribution in [1.82, 2.24) is 4.98 Å². The molecule has 0 aliphatic carbocycles. The molecule has 48 valence electrons. The minimum atomic E-state index is -0.885. The SMILES string of the molecule is [2H]c1nc(CF)c([2H])c(Br)c1[2H]. The highest BCUT2D eigenvalue weighted by atomic mass is 79.9. The third-order valence-corrected chi connectivity index (χ3v) is 1.13. The zero-order valence-corrected chi connectivity index (χ0v) is 6.00. The Morgan fingerprint density at radius 2 is 2.67 bits per heavy atom. The second-order valence-corrected chi connectivity index (χ2v) is 2.16. The zero-order valence-electron chi connectivity index (χ0n) is 7.41. The summed E-state index contributed by atoms with van der Waals surface area (Å²) in [4.78, 5) is 3.44. The average Bonchev–Trinajstić information content (AvgIpc) is 2.08. The average molecular weight is 193 g/mol. The van der Waals surface area contributed by atoms with Crippen LogP contribution in [0.4, 0.5) is 4.39 Å². The fraction of sp³-hybridized carbons (Fsp3) is 0.167. The largest absolute Gasteiger partial charge is 0.258 e. The maximum atomic E-state index is 12.1. The first-order valence-electron chi connectivity index (χ1n) is 3.76. The summed E-state index contributed by atoms with van der Waals surface area (Å²) < 4.78 is 33.9. The van der Waals surface area contributed by atoms with Crippen LogP contribution < -0.4 is 0 Å². The van der Waals surface area contributed by atoms with Crippen LogP contribution in [0.2, 0.25) is 0 Å². The third kappa shape index (κ3) is 1.75. The van der Waals surface area contributed by atoms with Crippen LogP contribution in [0, 0.1) is 0 Å². The van der Waals surface area contributed by atoms with Crippen molar-refractivity contribution in [1.29, 1.82) is 0 Å². The Balaban J connectivity index is 3.39. The van der Waals surface area contributed by atoms with Crippen LogP contribution in [0.15, 0.2) is 22.7 Å². The van der Waals surface area contributed by atoms with Gasteiger partial charge in [-0.2, -0.15) is 0 Å². The van der Waals surface area contributed by atoms with Gasteiger partial charge in [0.2, 0.25) is 0 Å². The molecule has 0 aliphatic heterocycles. The van der Waals surface area contributed by atoms with Crippen molar-refractivity contribution in [3.8, 4) is 0 Å². The van der Waals surface area contributed by atoms with Crippen LogP contribution in [0.5, 0.6) is 0 Å². The van der Waals surface area contributed by atoms with Gasteiger partial charge in [0.05, 0.1) is 9.81 Å². The lowest BCUT2D eigenvalue weighted by molar-refractivity contribution is 0.476. The number of hydrogen-bond acceptors (Lipinski definition) is 1. The molecule has 1 heterocycles. The van der Waals surface area contributed by atoms with Gasteiger partial charge in [-0.1, -0.05) is 15.9 Å². The molecule has 0 saturated heterocycles. The van der Waals surface area contributed by atoms with Crippen molar-refractivity contribution in [2.24, 2.45) is 0 Å². The van der Waals surface area contributed by atoms with Crippen LogP contribution in [-0.4, -0.2) is 4.98 Å². The Hall–Kier alpha value is -0.440. The van der Waals surface area contributed by atoms with E-state index in [1.54, 1.807) is 0 Å². The van der Waals surface area contributed by atoms with E-state index >= 15 is 0 Å². The topological polar surface area (TPSA) is 12.9 Å². The van der Waals surface area contributed by atoms with Crippen molar-refractivity contribution >= 4 is 15.9 Å². The summed E-state index contributed by atoms with van der Waals surface area (Å²) in [6, 6.07) is -0.337. The van der Waals surface area contributed by atoms with Gasteiger partial charge in [-0.15, -0.1) is 0 Å². The van der Waals surface area contributed by atoms with E-state index in [-0.39, 0.29) is 28.4 Å². The third-order valence-electron chi connectivity index (χ3n) is 0.737. The fourth-order valence-electron chi connectivity index (χ4n) is 0.394. The van der Waals surface area contributed by atoms with Crippen molar-refractivity contribution in [3.05, 3.63) is 28.4 Å². The van der Waals surface area contributed by atoms with Gasteiger partial charge < -0.3 is 0 Å². The molecule has 0 radical (unpaired) electrons. The first kappa shape index (κ1) is 3.66. The van der Waals surface area contributed by atoms with E-state index in [9.17, 15) is 4.39 Å². The predicted octanol–water partition coefficient (Wildman–Crippen LogP) is 2.31. The minimum absolute atomic E-state index is 0.108. The van der Waals surface area contributed by atoms with Crippen LogP contribution in [-0.2, 0) is 6.67 Å². The number of pyridine rings is 1. The lowest BCUT2D eigenvalue weighted by Crippen LogP contribution is -1.82. The number of aromatic nitrogens is 1. The van der Waals surface area contributed by atoms with E-state index in [4.69, 9.17) is 4.11 Å². The number of halogens is 2. The molecule has 0 amide bonds. The Morgan fingerprint density at radius 3 is 3.33 bits per heavy atom. The molecular weight excluding hydrogens is 185 g/mol. The molecule has 0 unspecified atom stereocenters. The standard InChI is InChI=1S/C6H5BrFN/c7-5-1-2-9-6(3-5)4-8/h1-3H,4H2/i1D,2D,3D. The maximum absolute atomic E-state index is 12.1. The quantitative estimate of drug-likeness (QED) is 0.666. The molecule has 1 nitrogen and oxygen atoms in total. The van der Waals surface area contributed by atoms with Crippen molar-refractivity contribution < 1.29 is 8.50 Å². The molecular formula is C6H5BrFN. The van der Waals surface area contributed by atoms with Crippen molar-refractivity contribution in [2.45, 2.75) is 6.67 Å². The Kier molecular flexibility index (Phi) is 1.19. The van der Waals surface area contributed by atoms with Gasteiger partial charge in [0.1, 0.15) is 6.67 Å². The van der Waals surface area contributed by atoms with Gasteiger partial charge in [0.15, 0.2) is 0 Å². The summed E-state index contributed by atoms with van der Waals surface area (Å²) in [6.45, 7) is -0.885. The summed E-state index contributed by atoms with van der Waals surface area (Å²) in [5.74, 6) is 0. The van der Waals surface area contributed by atoms with Gasteiger partial charge in [-0.25, -0.2) is 4.39 Å². The van der Waals surface area contributed by atoms with Gasteiger partial charge in [-0.3, -0.25) is 4.98 Å². The van der Waals surface area contributed by atoms with Gasteiger partial charge in [-0.05, 0) is 12.1 Å². The Bertz CT molecular complexity index is 318.